The zero-order valence-corrected chi connectivity index (χ0v) is 28.5. The van der Waals surface area contributed by atoms with Crippen molar-refractivity contribution < 1.29 is 33.5 Å². The number of amides is 6. The summed E-state index contributed by atoms with van der Waals surface area (Å²) in [7, 11) is 2.92. The average molecular weight is 665 g/mol. The van der Waals surface area contributed by atoms with E-state index < -0.39 is 72.2 Å². The molecule has 0 radical (unpaired) electrons. The number of benzene rings is 2. The SMILES string of the molecule is COCCC(=O)N1CC(=O)N[C@@H](Cc2ccccc2)C(=O)N(C)[C@@H](C)C(=O)N[C@H](C(C)C)C(=O)N[C@@H](C)C(=O)N[C@H](c2ccccc2)C1. The zero-order valence-electron chi connectivity index (χ0n) is 28.5. The molecule has 13 heteroatoms. The van der Waals surface area contributed by atoms with Crippen molar-refractivity contribution in [1.29, 1.82) is 0 Å². The molecule has 260 valence electrons. The summed E-state index contributed by atoms with van der Waals surface area (Å²) in [6.07, 6.45) is 0.101. The van der Waals surface area contributed by atoms with Gasteiger partial charge in [-0.2, -0.15) is 0 Å². The normalized spacial score (nSPS) is 23.8. The molecule has 1 fully saturated rings. The van der Waals surface area contributed by atoms with Crippen LogP contribution in [-0.2, 0) is 39.9 Å². The molecule has 1 aliphatic rings. The maximum atomic E-state index is 13.9. The molecule has 0 aromatic heterocycles. The minimum absolute atomic E-state index is 0.0238. The van der Waals surface area contributed by atoms with E-state index in [1.807, 2.05) is 36.4 Å². The quantitative estimate of drug-likeness (QED) is 0.342. The van der Waals surface area contributed by atoms with Crippen molar-refractivity contribution in [3.63, 3.8) is 0 Å². The Kier molecular flexibility index (Phi) is 14.1. The van der Waals surface area contributed by atoms with E-state index in [1.165, 1.54) is 37.8 Å². The lowest BCUT2D eigenvalue weighted by Gasteiger charge is -2.33. The van der Waals surface area contributed by atoms with Gasteiger partial charge in [-0.05, 0) is 30.9 Å². The number of likely N-dealkylation sites (N-methyl/N-ethyl adjacent to an activating group) is 1. The molecule has 4 N–H and O–H groups in total. The van der Waals surface area contributed by atoms with Crippen LogP contribution >= 0.6 is 0 Å². The second-order valence-electron chi connectivity index (χ2n) is 12.4. The van der Waals surface area contributed by atoms with E-state index in [1.54, 1.807) is 38.1 Å². The van der Waals surface area contributed by atoms with Crippen LogP contribution in [0.3, 0.4) is 0 Å². The van der Waals surface area contributed by atoms with Gasteiger partial charge in [0, 0.05) is 27.1 Å². The highest BCUT2D eigenvalue weighted by molar-refractivity contribution is 5.96. The van der Waals surface area contributed by atoms with Gasteiger partial charge in [0.1, 0.15) is 24.2 Å². The lowest BCUT2D eigenvalue weighted by molar-refractivity contribution is -0.143. The van der Waals surface area contributed by atoms with Crippen molar-refractivity contribution >= 4 is 35.4 Å². The average Bonchev–Trinajstić information content (AvgIpc) is 3.07. The first-order valence-electron chi connectivity index (χ1n) is 16.1. The highest BCUT2D eigenvalue weighted by atomic mass is 16.5. The number of rotatable bonds is 7. The van der Waals surface area contributed by atoms with Crippen molar-refractivity contribution in [2.45, 2.75) is 70.7 Å². The summed E-state index contributed by atoms with van der Waals surface area (Å²) in [6, 6.07) is 13.2. The van der Waals surface area contributed by atoms with Gasteiger partial charge in [0.15, 0.2) is 0 Å². The topological polar surface area (TPSA) is 166 Å². The van der Waals surface area contributed by atoms with E-state index in [9.17, 15) is 28.8 Å². The molecule has 0 saturated carbocycles. The summed E-state index contributed by atoms with van der Waals surface area (Å²) in [6.45, 7) is 6.18. The number of hydrogen-bond donors (Lipinski definition) is 4. The first-order chi connectivity index (χ1) is 22.8. The van der Waals surface area contributed by atoms with E-state index in [2.05, 4.69) is 21.3 Å². The summed E-state index contributed by atoms with van der Waals surface area (Å²) in [5.41, 5.74) is 1.44. The fourth-order valence-corrected chi connectivity index (χ4v) is 5.29. The minimum Gasteiger partial charge on any atom is -0.384 e. The molecule has 0 aliphatic carbocycles. The van der Waals surface area contributed by atoms with Gasteiger partial charge in [-0.25, -0.2) is 0 Å². The van der Waals surface area contributed by atoms with E-state index in [4.69, 9.17) is 4.74 Å². The van der Waals surface area contributed by atoms with Gasteiger partial charge >= 0.3 is 0 Å². The Morgan fingerprint density at radius 1 is 0.854 bits per heavy atom. The highest BCUT2D eigenvalue weighted by Gasteiger charge is 2.34. The van der Waals surface area contributed by atoms with Crippen LogP contribution < -0.4 is 21.3 Å². The van der Waals surface area contributed by atoms with E-state index in [0.29, 0.717) is 5.56 Å². The van der Waals surface area contributed by atoms with Crippen LogP contribution in [0.15, 0.2) is 60.7 Å². The third-order valence-corrected chi connectivity index (χ3v) is 8.35. The highest BCUT2D eigenvalue weighted by Crippen LogP contribution is 2.17. The molecule has 6 amide bonds. The Labute approximate surface area is 282 Å². The molecule has 0 spiro atoms. The number of nitrogens with one attached hydrogen (secondary N) is 4. The van der Waals surface area contributed by atoms with Gasteiger partial charge < -0.3 is 35.8 Å². The molecule has 3 rings (SSSR count). The monoisotopic (exact) mass is 664 g/mol. The third-order valence-electron chi connectivity index (χ3n) is 8.35. The Morgan fingerprint density at radius 2 is 1.48 bits per heavy atom. The van der Waals surface area contributed by atoms with Crippen molar-refractivity contribution in [2.24, 2.45) is 5.92 Å². The summed E-state index contributed by atoms with van der Waals surface area (Å²) in [4.78, 5) is 83.8. The molecule has 0 unspecified atom stereocenters. The van der Waals surface area contributed by atoms with Crippen LogP contribution in [-0.4, -0.2) is 103 Å². The van der Waals surface area contributed by atoms with Gasteiger partial charge in [-0.15, -0.1) is 0 Å². The first kappa shape index (κ1) is 37.7. The minimum atomic E-state index is -1.08. The predicted molar refractivity (Wildman–Crippen MR) is 179 cm³/mol. The number of ether oxygens (including phenoxy) is 1. The number of carbonyl (C=O) groups is 6. The lowest BCUT2D eigenvalue weighted by atomic mass is 10.0. The molecular weight excluding hydrogens is 616 g/mol. The van der Waals surface area contributed by atoms with Crippen LogP contribution in [0, 0.1) is 5.92 Å². The van der Waals surface area contributed by atoms with Gasteiger partial charge in [-0.1, -0.05) is 74.5 Å². The van der Waals surface area contributed by atoms with E-state index in [0.717, 1.165) is 5.56 Å². The first-order valence-corrected chi connectivity index (χ1v) is 16.1. The van der Waals surface area contributed by atoms with Crippen molar-refractivity contribution in [1.82, 2.24) is 31.1 Å². The lowest BCUT2D eigenvalue weighted by Crippen LogP contribution is -2.59. The Balaban J connectivity index is 2.07. The summed E-state index contributed by atoms with van der Waals surface area (Å²) in [5.74, 6) is -3.54. The fraction of sp³-hybridized carbons (Fsp3) is 0.486. The van der Waals surface area contributed by atoms with Crippen LogP contribution in [0.25, 0.3) is 0 Å². The zero-order chi connectivity index (χ0) is 35.4. The summed E-state index contributed by atoms with van der Waals surface area (Å²) in [5, 5.41) is 11.1. The maximum absolute atomic E-state index is 13.9. The summed E-state index contributed by atoms with van der Waals surface area (Å²) >= 11 is 0. The standard InChI is InChI=1S/C35H48N6O7/c1-22(2)31-34(46)36-23(3)32(44)38-28(26-15-11-8-12-16-26)20-41(30(43)17-18-48-6)21-29(42)37-27(19-25-13-9-7-10-14-25)35(47)40(5)24(4)33(45)39-31/h7-16,22-24,27-28,31H,17-21H2,1-6H3,(H,36,46)(H,37,42)(H,38,44)(H,39,45)/t23-,24-,27-,28-,31+/m0/s1. The van der Waals surface area contributed by atoms with Gasteiger partial charge in [0.05, 0.1) is 25.6 Å². The maximum Gasteiger partial charge on any atom is 0.245 e. The van der Waals surface area contributed by atoms with Gasteiger partial charge in [0.2, 0.25) is 35.4 Å². The van der Waals surface area contributed by atoms with Crippen LogP contribution in [0.2, 0.25) is 0 Å². The van der Waals surface area contributed by atoms with E-state index in [-0.39, 0.29) is 31.9 Å². The van der Waals surface area contributed by atoms with Crippen molar-refractivity contribution in [3.8, 4) is 0 Å². The molecule has 48 heavy (non-hydrogen) atoms. The molecular formula is C35H48N6O7. The van der Waals surface area contributed by atoms with E-state index >= 15 is 0 Å². The smallest absolute Gasteiger partial charge is 0.245 e. The van der Waals surface area contributed by atoms with Crippen molar-refractivity contribution in [3.05, 3.63) is 71.8 Å². The van der Waals surface area contributed by atoms with Crippen LogP contribution in [0.1, 0.15) is 51.3 Å². The molecule has 13 nitrogen and oxygen atoms in total. The molecule has 1 heterocycles. The second kappa shape index (κ2) is 17.9. The number of hydrogen-bond acceptors (Lipinski definition) is 7. The molecule has 2 aromatic carbocycles. The predicted octanol–water partition coefficient (Wildman–Crippen LogP) is 0.943. The van der Waals surface area contributed by atoms with Crippen LogP contribution in [0.5, 0.6) is 0 Å². The third kappa shape index (κ3) is 10.6. The van der Waals surface area contributed by atoms with Gasteiger partial charge in [0.25, 0.3) is 0 Å². The second-order valence-corrected chi connectivity index (χ2v) is 12.4. The number of methoxy groups -OCH3 is 1. The molecule has 0 bridgehead atoms. The molecule has 5 atom stereocenters. The fourth-order valence-electron chi connectivity index (χ4n) is 5.29. The largest absolute Gasteiger partial charge is 0.384 e. The Bertz CT molecular complexity index is 1420. The molecule has 1 saturated heterocycles. The Morgan fingerprint density at radius 3 is 2.08 bits per heavy atom. The Hall–Kier alpha value is -4.78. The summed E-state index contributed by atoms with van der Waals surface area (Å²) < 4.78 is 5.11. The van der Waals surface area contributed by atoms with Crippen molar-refractivity contribution in [2.75, 3.05) is 33.9 Å². The number of carbonyl (C=O) groups excluding carboxylic acids is 6. The number of nitrogens with zero attached hydrogens (tertiary/aromatic N) is 2. The molecule has 2 aromatic rings. The van der Waals surface area contributed by atoms with Gasteiger partial charge in [-0.3, -0.25) is 28.8 Å². The van der Waals surface area contributed by atoms with Crippen LogP contribution in [0.4, 0.5) is 0 Å². The molecule has 1 aliphatic heterocycles.